The van der Waals surface area contributed by atoms with Gasteiger partial charge in [0.1, 0.15) is 24.2 Å². The number of rotatable bonds is 23. The highest BCUT2D eigenvalue weighted by atomic mass is 16.5. The molecule has 0 heterocycles. The number of nitrogens with zero attached hydrogens (tertiary/aromatic N) is 2. The lowest BCUT2D eigenvalue weighted by atomic mass is 10.00. The van der Waals surface area contributed by atoms with E-state index in [1.807, 2.05) is 0 Å². The average Bonchev–Trinajstić information content (AvgIpc) is 3.10. The molecule has 55 heavy (non-hydrogen) atoms. The maximum Gasteiger partial charge on any atom is 0.328 e. The lowest BCUT2D eigenvalue weighted by Gasteiger charge is -2.28. The number of aliphatic imine (C=N–C) groups is 2. The van der Waals surface area contributed by atoms with Gasteiger partial charge in [-0.3, -0.25) is 38.8 Å². The number of carboxylic acids is 2. The second-order valence-corrected chi connectivity index (χ2v) is 12.6. The Balaban J connectivity index is 0.00000692. The summed E-state index contributed by atoms with van der Waals surface area (Å²) in [5.41, 5.74) is 28.2. The monoisotopic (exact) mass is 779 g/mol. The van der Waals surface area contributed by atoms with Gasteiger partial charge in [0.05, 0.1) is 13.2 Å². The maximum absolute atomic E-state index is 13.6. The first kappa shape index (κ1) is 49.0. The summed E-state index contributed by atoms with van der Waals surface area (Å²) in [6, 6.07) is 2.95. The number of methoxy groups -OCH3 is 1. The quantitative estimate of drug-likeness (QED) is 0.0235. The molecule has 1 aromatic carbocycles. The molecule has 4 amide bonds. The van der Waals surface area contributed by atoms with Gasteiger partial charge in [0.15, 0.2) is 11.9 Å². The highest BCUT2D eigenvalue weighted by Gasteiger charge is 2.33. The number of guanidine groups is 2. The number of carbonyl (C=O) groups is 7. The first-order valence-electron chi connectivity index (χ1n) is 17.4. The zero-order valence-corrected chi connectivity index (χ0v) is 31.7. The van der Waals surface area contributed by atoms with Crippen molar-refractivity contribution in [3.63, 3.8) is 0 Å². The topological polar surface area (TPSA) is 372 Å². The number of amides is 4. The fourth-order valence-corrected chi connectivity index (χ4v) is 4.75. The number of esters is 1. The summed E-state index contributed by atoms with van der Waals surface area (Å²) in [7, 11) is 1.18. The van der Waals surface area contributed by atoms with Crippen LogP contribution in [0.1, 0.15) is 64.9 Å². The third-order valence-electron chi connectivity index (χ3n) is 7.49. The van der Waals surface area contributed by atoms with Crippen LogP contribution in [0.2, 0.25) is 0 Å². The van der Waals surface area contributed by atoms with Gasteiger partial charge in [0.25, 0.3) is 5.97 Å². The van der Waals surface area contributed by atoms with Gasteiger partial charge < -0.3 is 64.9 Å². The Bertz CT molecular complexity index is 1460. The standard InChI is InChI=1S/C32H53N11O8.C2H4O2/c1-18(2)25(29(49)42-23(30(50)51-3)17-19-9-5-4-6-10-19)43-28(48)22(13-14-24(44)45)41-27(47)21(12-8-16-39-32(36)37)40-26(46)20(33)11-7-15-38-31(34)35;1-2(3)4/h4-6,9-10,18,20-23,25H,7-8,11-17,33H2,1-3H3,(H,40,46)(H,41,47)(H,42,49)(H,43,48)(H,44,45)(H4,34,35,38)(H4,36,37,39);1H3,(H,3,4). The van der Waals surface area contributed by atoms with Crippen LogP contribution in [0.15, 0.2) is 40.3 Å². The Kier molecular flexibility index (Phi) is 23.8. The molecular weight excluding hydrogens is 722 g/mol. The lowest BCUT2D eigenvalue weighted by molar-refractivity contribution is -0.145. The molecule has 0 aliphatic rings. The third-order valence-corrected chi connectivity index (χ3v) is 7.49. The number of hydrogen-bond acceptors (Lipinski definition) is 11. The van der Waals surface area contributed by atoms with Gasteiger partial charge in [0, 0.05) is 32.9 Å². The zero-order valence-electron chi connectivity index (χ0n) is 31.7. The van der Waals surface area contributed by atoms with Crippen LogP contribution in [0.5, 0.6) is 0 Å². The highest BCUT2D eigenvalue weighted by Crippen LogP contribution is 2.10. The van der Waals surface area contributed by atoms with Gasteiger partial charge in [-0.25, -0.2) is 4.79 Å². The molecule has 0 bridgehead atoms. The highest BCUT2D eigenvalue weighted by molar-refractivity contribution is 5.95. The summed E-state index contributed by atoms with van der Waals surface area (Å²) in [5.74, 6) is -6.60. The molecule has 308 valence electrons. The number of hydrogen-bond donors (Lipinski definition) is 11. The molecule has 5 atom stereocenters. The van der Waals surface area contributed by atoms with E-state index in [1.165, 1.54) is 7.11 Å². The van der Waals surface area contributed by atoms with E-state index < -0.39 is 84.1 Å². The van der Waals surface area contributed by atoms with Crippen LogP contribution in [0.25, 0.3) is 0 Å². The van der Waals surface area contributed by atoms with Crippen molar-refractivity contribution in [1.29, 1.82) is 0 Å². The molecule has 21 heteroatoms. The second kappa shape index (κ2) is 26.7. The molecule has 0 spiro atoms. The number of nitrogens with two attached hydrogens (primary N) is 5. The van der Waals surface area contributed by atoms with E-state index >= 15 is 0 Å². The van der Waals surface area contributed by atoms with E-state index in [1.54, 1.807) is 44.2 Å². The van der Waals surface area contributed by atoms with E-state index in [0.29, 0.717) is 6.42 Å². The molecule has 0 fully saturated rings. The second-order valence-electron chi connectivity index (χ2n) is 12.6. The number of benzene rings is 1. The number of carbonyl (C=O) groups excluding carboxylic acids is 5. The molecule has 1 rings (SSSR count). The molecule has 16 N–H and O–H groups in total. The van der Waals surface area contributed by atoms with Crippen LogP contribution in [-0.4, -0.2) is 114 Å². The van der Waals surface area contributed by atoms with Crippen molar-refractivity contribution in [3.8, 4) is 0 Å². The van der Waals surface area contributed by atoms with Crippen molar-refractivity contribution < 1.29 is 48.5 Å². The Morgan fingerprint density at radius 1 is 0.709 bits per heavy atom. The van der Waals surface area contributed by atoms with E-state index in [9.17, 15) is 33.9 Å². The van der Waals surface area contributed by atoms with Crippen molar-refractivity contribution >= 4 is 53.5 Å². The summed E-state index contributed by atoms with van der Waals surface area (Å²) in [4.78, 5) is 94.2. The van der Waals surface area contributed by atoms with E-state index in [0.717, 1.165) is 12.5 Å². The van der Waals surface area contributed by atoms with Gasteiger partial charge in [-0.05, 0) is 43.6 Å². The van der Waals surface area contributed by atoms with Crippen LogP contribution in [0.4, 0.5) is 0 Å². The first-order chi connectivity index (χ1) is 25.8. The van der Waals surface area contributed by atoms with Gasteiger partial charge in [0.2, 0.25) is 23.6 Å². The number of nitrogens with one attached hydrogen (secondary N) is 4. The van der Waals surface area contributed by atoms with Crippen molar-refractivity contribution in [2.45, 2.75) is 95.9 Å². The predicted molar refractivity (Wildman–Crippen MR) is 203 cm³/mol. The number of aliphatic carboxylic acids is 2. The molecule has 0 saturated heterocycles. The molecular formula is C34H57N11O10. The molecule has 1 aromatic rings. The Labute approximate surface area is 319 Å². The third kappa shape index (κ3) is 22.6. The molecule has 5 unspecified atom stereocenters. The van der Waals surface area contributed by atoms with E-state index in [2.05, 4.69) is 31.3 Å². The van der Waals surface area contributed by atoms with Gasteiger partial charge in [-0.2, -0.15) is 0 Å². The van der Waals surface area contributed by atoms with Gasteiger partial charge in [-0.15, -0.1) is 0 Å². The first-order valence-corrected chi connectivity index (χ1v) is 17.4. The summed E-state index contributed by atoms with van der Waals surface area (Å²) in [5, 5.41) is 27.1. The summed E-state index contributed by atoms with van der Waals surface area (Å²) in [6.45, 7) is 4.75. The van der Waals surface area contributed by atoms with Crippen LogP contribution in [0.3, 0.4) is 0 Å². The van der Waals surface area contributed by atoms with Crippen LogP contribution in [0, 0.1) is 5.92 Å². The fourth-order valence-electron chi connectivity index (χ4n) is 4.75. The maximum atomic E-state index is 13.6. The normalized spacial score (nSPS) is 13.1. The van der Waals surface area contributed by atoms with Gasteiger partial charge >= 0.3 is 11.9 Å². The van der Waals surface area contributed by atoms with E-state index in [-0.39, 0.29) is 57.1 Å². The average molecular weight is 780 g/mol. The van der Waals surface area contributed by atoms with Crippen molar-refractivity contribution in [3.05, 3.63) is 35.9 Å². The van der Waals surface area contributed by atoms with Crippen molar-refractivity contribution in [2.75, 3.05) is 20.2 Å². The summed E-state index contributed by atoms with van der Waals surface area (Å²) >= 11 is 0. The minimum atomic E-state index is -1.44. The van der Waals surface area contributed by atoms with Crippen LogP contribution >= 0.6 is 0 Å². The Morgan fingerprint density at radius 2 is 1.18 bits per heavy atom. The van der Waals surface area contributed by atoms with Crippen LogP contribution < -0.4 is 49.9 Å². The fraction of sp³-hybridized carbons (Fsp3) is 0.559. The minimum Gasteiger partial charge on any atom is -0.481 e. The molecule has 0 aliphatic heterocycles. The van der Waals surface area contributed by atoms with Crippen LogP contribution in [-0.2, 0) is 44.7 Å². The van der Waals surface area contributed by atoms with Crippen molar-refractivity contribution in [1.82, 2.24) is 21.3 Å². The Morgan fingerprint density at radius 3 is 1.67 bits per heavy atom. The molecule has 0 aromatic heterocycles. The van der Waals surface area contributed by atoms with E-state index in [4.69, 9.17) is 43.3 Å². The smallest absolute Gasteiger partial charge is 0.328 e. The largest absolute Gasteiger partial charge is 0.481 e. The SMILES string of the molecule is CC(=O)O.COC(=O)C(Cc1ccccc1)NC(=O)C(NC(=O)C(CCC(=O)O)NC(=O)C(CCCN=C(N)N)NC(=O)C(N)CCCN=C(N)N)C(C)C. The van der Waals surface area contributed by atoms with Gasteiger partial charge in [-0.1, -0.05) is 44.2 Å². The molecule has 0 aliphatic carbocycles. The summed E-state index contributed by atoms with van der Waals surface area (Å²) < 4.78 is 4.87. The lowest BCUT2D eigenvalue weighted by Crippen LogP contribution is -2.59. The Hall–Kier alpha value is -5.99. The predicted octanol–water partition coefficient (Wildman–Crippen LogP) is -2.61. The molecule has 0 saturated carbocycles. The zero-order chi connectivity index (χ0) is 42.1. The number of carboxylic acid groups (broad SMARTS) is 2. The number of ether oxygens (including phenoxy) is 1. The van der Waals surface area contributed by atoms with Crippen molar-refractivity contribution in [2.24, 2.45) is 44.6 Å². The minimum absolute atomic E-state index is 0.0235. The summed E-state index contributed by atoms with van der Waals surface area (Å²) in [6.07, 6.45) is 0.0821. The molecule has 0 radical (unpaired) electrons. The molecule has 21 nitrogen and oxygen atoms in total.